The minimum absolute atomic E-state index is 0.638. The van der Waals surface area contributed by atoms with Crippen molar-refractivity contribution in [2.24, 2.45) is 0 Å². The van der Waals surface area contributed by atoms with Gasteiger partial charge in [-0.25, -0.2) is 0 Å². The quantitative estimate of drug-likeness (QED) is 0.513. The molecule has 0 N–H and O–H groups in total. The molecule has 3 aromatic rings. The zero-order chi connectivity index (χ0) is 21.2. The van der Waals surface area contributed by atoms with Crippen LogP contribution in [0.2, 0.25) is 0 Å². The fourth-order valence-electron chi connectivity index (χ4n) is 5.12. The van der Waals surface area contributed by atoms with Crippen LogP contribution in [0, 0.1) is 0 Å². The van der Waals surface area contributed by atoms with Crippen molar-refractivity contribution in [3.8, 4) is 0 Å². The van der Waals surface area contributed by atoms with Gasteiger partial charge in [0.25, 0.3) is 0 Å². The van der Waals surface area contributed by atoms with Crippen LogP contribution in [0.15, 0.2) is 78.9 Å². The molecule has 0 aromatic heterocycles. The van der Waals surface area contributed by atoms with Crippen molar-refractivity contribution < 1.29 is 0 Å². The first kappa shape index (κ1) is 20.1. The molecule has 2 aliphatic rings. The van der Waals surface area contributed by atoms with Crippen LogP contribution in [0.3, 0.4) is 0 Å². The van der Waals surface area contributed by atoms with E-state index in [0.29, 0.717) is 6.04 Å². The summed E-state index contributed by atoms with van der Waals surface area (Å²) in [5, 5.41) is 0. The molecule has 1 heterocycles. The minimum atomic E-state index is 0.638. The number of allylic oxidation sites excluding steroid dienone is 1. The highest BCUT2D eigenvalue weighted by Crippen LogP contribution is 2.41. The molecule has 1 saturated heterocycles. The van der Waals surface area contributed by atoms with Crippen molar-refractivity contribution in [1.82, 2.24) is 4.90 Å². The van der Waals surface area contributed by atoms with E-state index < -0.39 is 0 Å². The van der Waals surface area contributed by atoms with Gasteiger partial charge in [-0.2, -0.15) is 0 Å². The van der Waals surface area contributed by atoms with E-state index in [1.54, 1.807) is 0 Å². The maximum atomic E-state index is 2.57. The Balaban J connectivity index is 1.49. The van der Waals surface area contributed by atoms with Crippen LogP contribution in [-0.4, -0.2) is 37.1 Å². The first-order chi connectivity index (χ1) is 15.2. The van der Waals surface area contributed by atoms with E-state index in [-0.39, 0.29) is 0 Å². The third-order valence-corrected chi connectivity index (χ3v) is 6.92. The molecule has 1 aliphatic heterocycles. The third kappa shape index (κ3) is 4.05. The van der Waals surface area contributed by atoms with Crippen molar-refractivity contribution in [3.05, 3.63) is 101 Å². The van der Waals surface area contributed by atoms with Crippen LogP contribution in [0.5, 0.6) is 0 Å². The SMILES string of the molecule is CC(C)N1CCN(c2ccc(C3=C(c4ccccc4)CCc4ccccc43)cc2)CC1. The zero-order valence-corrected chi connectivity index (χ0v) is 18.7. The molecule has 1 fully saturated rings. The fraction of sp³-hybridized carbons (Fsp3) is 0.310. The first-order valence-electron chi connectivity index (χ1n) is 11.7. The summed E-state index contributed by atoms with van der Waals surface area (Å²) in [4.78, 5) is 5.10. The molecule has 3 aromatic carbocycles. The zero-order valence-electron chi connectivity index (χ0n) is 18.7. The van der Waals surface area contributed by atoms with Crippen molar-refractivity contribution in [2.75, 3.05) is 31.1 Å². The van der Waals surface area contributed by atoms with E-state index >= 15 is 0 Å². The largest absolute Gasteiger partial charge is 0.369 e. The molecular formula is C29H32N2. The van der Waals surface area contributed by atoms with Gasteiger partial charge in [0.1, 0.15) is 0 Å². The number of anilines is 1. The Morgan fingerprint density at radius 2 is 1.32 bits per heavy atom. The molecule has 0 saturated carbocycles. The average molecular weight is 409 g/mol. The van der Waals surface area contributed by atoms with Crippen molar-refractivity contribution in [2.45, 2.75) is 32.7 Å². The number of benzene rings is 3. The molecule has 0 atom stereocenters. The van der Waals surface area contributed by atoms with Gasteiger partial charge in [-0.3, -0.25) is 4.90 Å². The number of rotatable bonds is 4. The van der Waals surface area contributed by atoms with Crippen molar-refractivity contribution >= 4 is 16.8 Å². The molecule has 2 nitrogen and oxygen atoms in total. The van der Waals surface area contributed by atoms with Gasteiger partial charge in [0, 0.05) is 37.9 Å². The maximum absolute atomic E-state index is 2.57. The first-order valence-corrected chi connectivity index (χ1v) is 11.7. The number of nitrogens with zero attached hydrogens (tertiary/aromatic N) is 2. The predicted molar refractivity (Wildman–Crippen MR) is 132 cm³/mol. The summed E-state index contributed by atoms with van der Waals surface area (Å²) in [5.74, 6) is 0. The molecule has 0 unspecified atom stereocenters. The topological polar surface area (TPSA) is 6.48 Å². The lowest BCUT2D eigenvalue weighted by molar-refractivity contribution is 0.209. The number of fused-ring (bicyclic) bond motifs is 1. The molecule has 0 bridgehead atoms. The van der Waals surface area contributed by atoms with Crippen LogP contribution in [0.1, 0.15) is 42.5 Å². The highest BCUT2D eigenvalue weighted by atomic mass is 15.3. The standard InChI is InChI=1S/C29H32N2/c1-22(2)30-18-20-31(21-19-30)26-15-12-25(13-16-26)29-27-11-7-6-10-24(27)14-17-28(29)23-8-4-3-5-9-23/h3-13,15-16,22H,14,17-21H2,1-2H3. The third-order valence-electron chi connectivity index (χ3n) is 6.92. The highest BCUT2D eigenvalue weighted by Gasteiger charge is 2.22. The minimum Gasteiger partial charge on any atom is -0.369 e. The van der Waals surface area contributed by atoms with Crippen LogP contribution >= 0.6 is 0 Å². The Kier molecular flexibility index (Phi) is 5.65. The van der Waals surface area contributed by atoms with E-state index in [1.807, 2.05) is 0 Å². The smallest absolute Gasteiger partial charge is 0.0367 e. The summed E-state index contributed by atoms with van der Waals surface area (Å²) in [7, 11) is 0. The molecule has 0 radical (unpaired) electrons. The second-order valence-corrected chi connectivity index (χ2v) is 9.04. The summed E-state index contributed by atoms with van der Waals surface area (Å²) >= 11 is 0. The Labute approximate surface area is 186 Å². The monoisotopic (exact) mass is 408 g/mol. The van der Waals surface area contributed by atoms with Gasteiger partial charge >= 0.3 is 0 Å². The summed E-state index contributed by atoms with van der Waals surface area (Å²) in [5.41, 5.74) is 9.76. The van der Waals surface area contributed by atoms with Crippen LogP contribution in [0.25, 0.3) is 11.1 Å². The summed E-state index contributed by atoms with van der Waals surface area (Å²) in [6.45, 7) is 9.11. The molecule has 5 rings (SSSR count). The van der Waals surface area contributed by atoms with Gasteiger partial charge in [0.2, 0.25) is 0 Å². The number of piperazine rings is 1. The molecule has 158 valence electrons. The highest BCUT2D eigenvalue weighted by molar-refractivity contribution is 6.00. The average Bonchev–Trinajstić information content (AvgIpc) is 2.84. The number of hydrogen-bond donors (Lipinski definition) is 0. The van der Waals surface area contributed by atoms with E-state index in [9.17, 15) is 0 Å². The molecule has 2 heteroatoms. The van der Waals surface area contributed by atoms with E-state index in [0.717, 1.165) is 39.0 Å². The van der Waals surface area contributed by atoms with Gasteiger partial charge in [0.05, 0.1) is 0 Å². The molecular weight excluding hydrogens is 376 g/mol. The van der Waals surface area contributed by atoms with E-state index in [2.05, 4.69) is 103 Å². The lowest BCUT2D eigenvalue weighted by Crippen LogP contribution is -2.48. The van der Waals surface area contributed by atoms with E-state index in [4.69, 9.17) is 0 Å². The second-order valence-electron chi connectivity index (χ2n) is 9.04. The molecule has 0 amide bonds. The van der Waals surface area contributed by atoms with Crippen LogP contribution in [0.4, 0.5) is 5.69 Å². The predicted octanol–water partition coefficient (Wildman–Crippen LogP) is 6.12. The maximum Gasteiger partial charge on any atom is 0.0367 e. The van der Waals surface area contributed by atoms with Gasteiger partial charge in [-0.05, 0) is 72.2 Å². The Morgan fingerprint density at radius 1 is 0.645 bits per heavy atom. The summed E-state index contributed by atoms with van der Waals surface area (Å²) in [6.07, 6.45) is 2.21. The van der Waals surface area contributed by atoms with Gasteiger partial charge in [-0.1, -0.05) is 66.7 Å². The van der Waals surface area contributed by atoms with Crippen molar-refractivity contribution in [3.63, 3.8) is 0 Å². The van der Waals surface area contributed by atoms with Crippen LogP contribution in [-0.2, 0) is 6.42 Å². The van der Waals surface area contributed by atoms with Gasteiger partial charge < -0.3 is 4.90 Å². The Morgan fingerprint density at radius 3 is 2.03 bits per heavy atom. The molecule has 31 heavy (non-hydrogen) atoms. The van der Waals surface area contributed by atoms with Crippen molar-refractivity contribution in [1.29, 1.82) is 0 Å². The van der Waals surface area contributed by atoms with E-state index in [1.165, 1.54) is 39.1 Å². The second kappa shape index (κ2) is 8.72. The normalized spacial score (nSPS) is 17.2. The summed E-state index contributed by atoms with van der Waals surface area (Å²) in [6, 6.07) is 29.8. The number of hydrogen-bond acceptors (Lipinski definition) is 2. The fourth-order valence-corrected chi connectivity index (χ4v) is 5.12. The number of aryl methyl sites for hydroxylation is 1. The Bertz CT molecular complexity index is 1060. The lowest BCUT2D eigenvalue weighted by atomic mass is 9.80. The van der Waals surface area contributed by atoms with Crippen LogP contribution < -0.4 is 4.90 Å². The molecule has 1 aliphatic carbocycles. The molecule has 0 spiro atoms. The summed E-state index contributed by atoms with van der Waals surface area (Å²) < 4.78 is 0. The van der Waals surface area contributed by atoms with Gasteiger partial charge in [0.15, 0.2) is 0 Å². The Hall–Kier alpha value is -2.84. The lowest BCUT2D eigenvalue weighted by Gasteiger charge is -2.38. The van der Waals surface area contributed by atoms with Gasteiger partial charge in [-0.15, -0.1) is 0 Å².